The third-order valence-corrected chi connectivity index (χ3v) is 5.78. The van der Waals surface area contributed by atoms with Crippen LogP contribution in [-0.4, -0.2) is 7.69 Å². The first-order valence-electron chi connectivity index (χ1n) is 7.94. The molecule has 0 aliphatic rings. The molecule has 25 heavy (non-hydrogen) atoms. The van der Waals surface area contributed by atoms with Gasteiger partial charge in [-0.2, -0.15) is 0 Å². The van der Waals surface area contributed by atoms with E-state index in [-0.39, 0.29) is 7.69 Å². The molecule has 5 heteroatoms. The van der Waals surface area contributed by atoms with E-state index in [4.69, 9.17) is 9.31 Å². The molecule has 0 aliphatic heterocycles. The maximum absolute atomic E-state index is 5.73. The summed E-state index contributed by atoms with van der Waals surface area (Å²) in [6.45, 7) is 0. The van der Waals surface area contributed by atoms with E-state index in [1.54, 1.807) is 22.7 Å². The molecule has 0 bridgehead atoms. The highest BCUT2D eigenvalue weighted by Gasteiger charge is 2.07. The van der Waals surface area contributed by atoms with Crippen molar-refractivity contribution >= 4 is 30.4 Å². The Morgan fingerprint density at radius 2 is 0.960 bits per heavy atom. The lowest BCUT2D eigenvalue weighted by atomic mass is 10.2. The standard InChI is InChI=1S/C20H15BO2S2/c1-3-7-15(8-4-1)17-11-13-19(24-17)22-21-23-20-14-12-18(25-20)16-9-5-2-6-10-16/h1-14,21H. The Bertz CT molecular complexity index is 855. The molecule has 0 amide bonds. The van der Waals surface area contributed by atoms with Crippen molar-refractivity contribution in [1.82, 2.24) is 0 Å². The number of hydrogen-bond donors (Lipinski definition) is 0. The summed E-state index contributed by atoms with van der Waals surface area (Å²) in [5, 5.41) is 1.72. The first-order valence-corrected chi connectivity index (χ1v) is 9.58. The van der Waals surface area contributed by atoms with Crippen molar-refractivity contribution in [1.29, 1.82) is 0 Å². The van der Waals surface area contributed by atoms with Crippen LogP contribution in [0.15, 0.2) is 84.9 Å². The molecule has 4 aromatic rings. The molecule has 2 aromatic carbocycles. The lowest BCUT2D eigenvalue weighted by molar-refractivity contribution is 0.473. The highest BCUT2D eigenvalue weighted by molar-refractivity contribution is 7.17. The van der Waals surface area contributed by atoms with Gasteiger partial charge in [-0.05, 0) is 35.4 Å². The quantitative estimate of drug-likeness (QED) is 0.400. The minimum atomic E-state index is 0.212. The summed E-state index contributed by atoms with van der Waals surface area (Å²) in [4.78, 5) is 2.39. The van der Waals surface area contributed by atoms with Crippen molar-refractivity contribution in [2.75, 3.05) is 0 Å². The van der Waals surface area contributed by atoms with Gasteiger partial charge in [-0.25, -0.2) is 0 Å². The van der Waals surface area contributed by atoms with Gasteiger partial charge in [0.15, 0.2) is 10.1 Å². The summed E-state index contributed by atoms with van der Waals surface area (Å²) in [5.74, 6) is 0. The molecule has 2 nitrogen and oxygen atoms in total. The van der Waals surface area contributed by atoms with Crippen LogP contribution in [-0.2, 0) is 0 Å². The van der Waals surface area contributed by atoms with Gasteiger partial charge < -0.3 is 9.31 Å². The number of rotatable bonds is 6. The second kappa shape index (κ2) is 7.59. The summed E-state index contributed by atoms with van der Waals surface area (Å²) in [7, 11) is 0.212. The molecule has 2 aromatic heterocycles. The van der Waals surface area contributed by atoms with E-state index in [0.717, 1.165) is 10.1 Å². The van der Waals surface area contributed by atoms with Gasteiger partial charge in [0.1, 0.15) is 0 Å². The Morgan fingerprint density at radius 3 is 1.40 bits per heavy atom. The molecular weight excluding hydrogens is 347 g/mol. The van der Waals surface area contributed by atoms with Crippen LogP contribution in [0.4, 0.5) is 0 Å². The zero-order valence-electron chi connectivity index (χ0n) is 13.4. The predicted octanol–water partition coefficient (Wildman–Crippen LogP) is 5.87. The third kappa shape index (κ3) is 3.95. The summed E-state index contributed by atoms with van der Waals surface area (Å²) in [5.41, 5.74) is 2.41. The van der Waals surface area contributed by atoms with Gasteiger partial charge in [0.25, 0.3) is 0 Å². The number of benzene rings is 2. The van der Waals surface area contributed by atoms with Crippen molar-refractivity contribution in [3.05, 3.63) is 84.9 Å². The second-order valence-corrected chi connectivity index (χ2v) is 7.47. The molecule has 0 fully saturated rings. The lowest BCUT2D eigenvalue weighted by Gasteiger charge is -2.02. The largest absolute Gasteiger partial charge is 0.577 e. The van der Waals surface area contributed by atoms with Crippen LogP contribution in [0.5, 0.6) is 10.1 Å². The highest BCUT2D eigenvalue weighted by Crippen LogP contribution is 2.34. The Hall–Kier alpha value is -2.50. The molecule has 122 valence electrons. The molecular formula is C20H15BO2S2. The molecule has 0 saturated heterocycles. The Morgan fingerprint density at radius 1 is 0.520 bits per heavy atom. The monoisotopic (exact) mass is 362 g/mol. The van der Waals surface area contributed by atoms with Crippen LogP contribution >= 0.6 is 22.7 Å². The summed E-state index contributed by atoms with van der Waals surface area (Å²) < 4.78 is 11.5. The fourth-order valence-electron chi connectivity index (χ4n) is 2.46. The van der Waals surface area contributed by atoms with Gasteiger partial charge in [0.05, 0.1) is 0 Å². The van der Waals surface area contributed by atoms with Crippen LogP contribution in [0.3, 0.4) is 0 Å². The maximum atomic E-state index is 5.73. The average Bonchev–Trinajstić information content (AvgIpc) is 3.33. The zero-order chi connectivity index (χ0) is 16.9. The van der Waals surface area contributed by atoms with Gasteiger partial charge in [-0.3, -0.25) is 0 Å². The van der Waals surface area contributed by atoms with Crippen molar-refractivity contribution in [2.24, 2.45) is 0 Å². The lowest BCUT2D eigenvalue weighted by Crippen LogP contribution is -2.08. The minimum absolute atomic E-state index is 0.212. The Kier molecular flexibility index (Phi) is 4.86. The second-order valence-electron chi connectivity index (χ2n) is 5.38. The minimum Gasteiger partial charge on any atom is -0.521 e. The van der Waals surface area contributed by atoms with Crippen LogP contribution in [0.1, 0.15) is 0 Å². The van der Waals surface area contributed by atoms with Gasteiger partial charge in [-0.1, -0.05) is 60.7 Å². The molecule has 0 saturated carbocycles. The summed E-state index contributed by atoms with van der Waals surface area (Å²) in [6, 6.07) is 28.7. The zero-order valence-corrected chi connectivity index (χ0v) is 15.1. The fraction of sp³-hybridized carbons (Fsp3) is 0. The topological polar surface area (TPSA) is 18.5 Å². The van der Waals surface area contributed by atoms with E-state index in [1.165, 1.54) is 20.9 Å². The molecule has 2 heterocycles. The van der Waals surface area contributed by atoms with Crippen molar-refractivity contribution < 1.29 is 9.31 Å². The van der Waals surface area contributed by atoms with Crippen molar-refractivity contribution in [3.8, 4) is 31.0 Å². The van der Waals surface area contributed by atoms with Gasteiger partial charge in [-0.15, -0.1) is 22.7 Å². The molecule has 0 spiro atoms. The molecule has 0 aliphatic carbocycles. The van der Waals surface area contributed by atoms with Gasteiger partial charge in [0, 0.05) is 9.75 Å². The average molecular weight is 362 g/mol. The van der Waals surface area contributed by atoms with Crippen molar-refractivity contribution in [2.45, 2.75) is 0 Å². The first kappa shape index (κ1) is 16.0. The molecule has 0 unspecified atom stereocenters. The first-order chi connectivity index (χ1) is 12.4. The number of hydrogen-bond acceptors (Lipinski definition) is 4. The third-order valence-electron chi connectivity index (χ3n) is 3.68. The van der Waals surface area contributed by atoms with E-state index in [0.29, 0.717) is 0 Å². The molecule has 0 N–H and O–H groups in total. The van der Waals surface area contributed by atoms with E-state index < -0.39 is 0 Å². The predicted molar refractivity (Wildman–Crippen MR) is 108 cm³/mol. The van der Waals surface area contributed by atoms with E-state index >= 15 is 0 Å². The van der Waals surface area contributed by atoms with E-state index in [9.17, 15) is 0 Å². The normalized spacial score (nSPS) is 10.4. The highest BCUT2D eigenvalue weighted by atomic mass is 32.1. The van der Waals surface area contributed by atoms with Crippen LogP contribution in [0.2, 0.25) is 0 Å². The van der Waals surface area contributed by atoms with Crippen LogP contribution in [0, 0.1) is 0 Å². The van der Waals surface area contributed by atoms with Gasteiger partial charge >= 0.3 is 7.69 Å². The van der Waals surface area contributed by atoms with Crippen LogP contribution in [0.25, 0.3) is 20.9 Å². The Labute approximate surface area is 155 Å². The SMILES string of the molecule is B(Oc1ccc(-c2ccccc2)s1)Oc1ccc(-c2ccccc2)s1. The van der Waals surface area contributed by atoms with Gasteiger partial charge in [0.2, 0.25) is 0 Å². The molecule has 0 radical (unpaired) electrons. The van der Waals surface area contributed by atoms with E-state index in [2.05, 4.69) is 36.4 Å². The van der Waals surface area contributed by atoms with Crippen LogP contribution < -0.4 is 9.31 Å². The van der Waals surface area contributed by atoms with Crippen molar-refractivity contribution in [3.63, 3.8) is 0 Å². The molecule has 0 atom stereocenters. The smallest absolute Gasteiger partial charge is 0.521 e. The Balaban J connectivity index is 1.34. The molecule has 4 rings (SSSR count). The summed E-state index contributed by atoms with van der Waals surface area (Å²) in [6.07, 6.45) is 0. The summed E-state index contributed by atoms with van der Waals surface area (Å²) >= 11 is 3.25. The fourth-order valence-corrected chi connectivity index (χ4v) is 4.16. The maximum Gasteiger partial charge on any atom is 0.577 e. The van der Waals surface area contributed by atoms with E-state index in [1.807, 2.05) is 48.5 Å². The number of thiophene rings is 2.